The number of fused-ring (bicyclic) bond motifs is 3. The van der Waals surface area contributed by atoms with Gasteiger partial charge >= 0.3 is 0 Å². The molecule has 0 unspecified atom stereocenters. The first-order valence-corrected chi connectivity index (χ1v) is 6.69. The van der Waals surface area contributed by atoms with Crippen LogP contribution in [-0.4, -0.2) is 11.8 Å². The van der Waals surface area contributed by atoms with Crippen molar-refractivity contribution in [3.05, 3.63) is 41.6 Å². The number of rotatable bonds is 0. The number of nitrogens with zero attached hydrogens (tertiary/aromatic N) is 1. The van der Waals surface area contributed by atoms with Crippen LogP contribution >= 0.6 is 0 Å². The molecule has 0 N–H and O–H groups in total. The first kappa shape index (κ1) is 11.5. The van der Waals surface area contributed by atoms with E-state index in [2.05, 4.69) is 43.9 Å². The highest BCUT2D eigenvalue weighted by Crippen LogP contribution is 2.42. The Morgan fingerprint density at radius 2 is 2.06 bits per heavy atom. The molecule has 0 spiro atoms. The number of carbonyl (C=O) groups excluding carboxylic acids is 1. The molecule has 0 aromatic heterocycles. The standard InChI is InChI=1S/C16H19NO/c1-10-4-5-14-13(8-10)11(2)9-15-12(3)16(18)6-7-17(14)15/h4-8,11-12,15H,9H2,1-3H3/t11-,12+,15+/m1/s1. The Morgan fingerprint density at radius 3 is 2.83 bits per heavy atom. The first-order chi connectivity index (χ1) is 8.58. The van der Waals surface area contributed by atoms with Crippen molar-refractivity contribution in [3.63, 3.8) is 0 Å². The number of ketones is 1. The van der Waals surface area contributed by atoms with Crippen LogP contribution < -0.4 is 4.90 Å². The zero-order chi connectivity index (χ0) is 12.9. The van der Waals surface area contributed by atoms with Crippen LogP contribution in [-0.2, 0) is 4.79 Å². The van der Waals surface area contributed by atoms with Gasteiger partial charge in [-0.3, -0.25) is 4.79 Å². The van der Waals surface area contributed by atoms with Crippen molar-refractivity contribution in [2.45, 2.75) is 39.2 Å². The molecule has 2 nitrogen and oxygen atoms in total. The fourth-order valence-electron chi connectivity index (χ4n) is 3.22. The molecule has 2 aliphatic heterocycles. The monoisotopic (exact) mass is 241 g/mol. The topological polar surface area (TPSA) is 20.3 Å². The highest BCUT2D eigenvalue weighted by molar-refractivity contribution is 5.94. The molecule has 0 saturated heterocycles. The minimum Gasteiger partial charge on any atom is -0.344 e. The fourth-order valence-corrected chi connectivity index (χ4v) is 3.22. The Kier molecular flexibility index (Phi) is 2.54. The largest absolute Gasteiger partial charge is 0.344 e. The lowest BCUT2D eigenvalue weighted by molar-refractivity contribution is -0.118. The average Bonchev–Trinajstić information content (AvgIpc) is 2.35. The normalized spacial score (nSPS) is 30.1. The molecule has 3 atom stereocenters. The molecular formula is C16H19NO. The molecule has 1 aromatic carbocycles. The van der Waals surface area contributed by atoms with Crippen LogP contribution in [0.4, 0.5) is 5.69 Å². The summed E-state index contributed by atoms with van der Waals surface area (Å²) >= 11 is 0. The number of benzene rings is 1. The second kappa shape index (κ2) is 3.98. The van der Waals surface area contributed by atoms with Crippen molar-refractivity contribution in [2.24, 2.45) is 5.92 Å². The van der Waals surface area contributed by atoms with E-state index in [9.17, 15) is 4.79 Å². The van der Waals surface area contributed by atoms with Gasteiger partial charge in [0.2, 0.25) is 0 Å². The van der Waals surface area contributed by atoms with Crippen LogP contribution in [0.2, 0.25) is 0 Å². The van der Waals surface area contributed by atoms with Crippen molar-refractivity contribution in [3.8, 4) is 0 Å². The van der Waals surface area contributed by atoms with E-state index in [1.54, 1.807) is 6.08 Å². The number of aryl methyl sites for hydroxylation is 1. The second-order valence-corrected chi connectivity index (χ2v) is 5.68. The smallest absolute Gasteiger partial charge is 0.162 e. The summed E-state index contributed by atoms with van der Waals surface area (Å²) < 4.78 is 0. The van der Waals surface area contributed by atoms with Crippen molar-refractivity contribution in [1.82, 2.24) is 0 Å². The first-order valence-electron chi connectivity index (χ1n) is 6.69. The predicted molar refractivity (Wildman–Crippen MR) is 73.8 cm³/mol. The molecule has 2 heterocycles. The molecule has 1 aromatic rings. The fraction of sp³-hybridized carbons (Fsp3) is 0.438. The highest BCUT2D eigenvalue weighted by atomic mass is 16.1. The van der Waals surface area contributed by atoms with Gasteiger partial charge in [-0.2, -0.15) is 0 Å². The number of allylic oxidation sites excluding steroid dienone is 1. The van der Waals surface area contributed by atoms with Crippen LogP contribution in [0.3, 0.4) is 0 Å². The van der Waals surface area contributed by atoms with Crippen molar-refractivity contribution in [1.29, 1.82) is 0 Å². The van der Waals surface area contributed by atoms with Gasteiger partial charge in [-0.15, -0.1) is 0 Å². The van der Waals surface area contributed by atoms with E-state index in [4.69, 9.17) is 0 Å². The zero-order valence-electron chi connectivity index (χ0n) is 11.2. The quantitative estimate of drug-likeness (QED) is 0.693. The van der Waals surface area contributed by atoms with Crippen LogP contribution in [0, 0.1) is 12.8 Å². The Morgan fingerprint density at radius 1 is 1.28 bits per heavy atom. The third-order valence-corrected chi connectivity index (χ3v) is 4.37. The van der Waals surface area contributed by atoms with Gasteiger partial charge in [0.25, 0.3) is 0 Å². The van der Waals surface area contributed by atoms with Crippen LogP contribution in [0.25, 0.3) is 0 Å². The molecule has 94 valence electrons. The Balaban J connectivity index is 2.12. The zero-order valence-corrected chi connectivity index (χ0v) is 11.2. The second-order valence-electron chi connectivity index (χ2n) is 5.68. The summed E-state index contributed by atoms with van der Waals surface area (Å²) in [6.07, 6.45) is 4.75. The van der Waals surface area contributed by atoms with E-state index in [1.807, 2.05) is 6.20 Å². The molecule has 0 amide bonds. The SMILES string of the molecule is Cc1ccc2c(c1)[C@H](C)C[C@H]1[C@H](C)C(=O)C=CN21. The van der Waals surface area contributed by atoms with E-state index < -0.39 is 0 Å². The van der Waals surface area contributed by atoms with Crippen LogP contribution in [0.5, 0.6) is 0 Å². The van der Waals surface area contributed by atoms with Gasteiger partial charge in [0, 0.05) is 23.8 Å². The van der Waals surface area contributed by atoms with E-state index in [0.717, 1.165) is 6.42 Å². The lowest BCUT2D eigenvalue weighted by atomic mass is 9.79. The molecule has 0 aliphatic carbocycles. The summed E-state index contributed by atoms with van der Waals surface area (Å²) in [4.78, 5) is 14.1. The lowest BCUT2D eigenvalue weighted by Crippen LogP contribution is -2.46. The summed E-state index contributed by atoms with van der Waals surface area (Å²) in [6.45, 7) is 6.46. The van der Waals surface area contributed by atoms with E-state index in [-0.39, 0.29) is 11.7 Å². The molecule has 0 fully saturated rings. The lowest BCUT2D eigenvalue weighted by Gasteiger charge is -2.43. The van der Waals surface area contributed by atoms with Gasteiger partial charge in [0.1, 0.15) is 0 Å². The molecule has 0 saturated carbocycles. The Labute approximate surface area is 108 Å². The number of anilines is 1. The molecule has 3 rings (SSSR count). The number of hydrogen-bond donors (Lipinski definition) is 0. The van der Waals surface area contributed by atoms with Crippen LogP contribution in [0.15, 0.2) is 30.5 Å². The number of hydrogen-bond acceptors (Lipinski definition) is 2. The third kappa shape index (κ3) is 1.59. The van der Waals surface area contributed by atoms with Crippen LogP contribution in [0.1, 0.15) is 37.3 Å². The average molecular weight is 241 g/mol. The van der Waals surface area contributed by atoms with E-state index in [1.165, 1.54) is 16.8 Å². The van der Waals surface area contributed by atoms with Crippen molar-refractivity contribution in [2.75, 3.05) is 4.90 Å². The third-order valence-electron chi connectivity index (χ3n) is 4.37. The molecule has 18 heavy (non-hydrogen) atoms. The van der Waals surface area contributed by atoms with E-state index >= 15 is 0 Å². The minimum absolute atomic E-state index is 0.104. The summed E-state index contributed by atoms with van der Waals surface area (Å²) in [5.41, 5.74) is 4.00. The summed E-state index contributed by atoms with van der Waals surface area (Å²) in [6, 6.07) is 6.96. The van der Waals surface area contributed by atoms with Gasteiger partial charge in [-0.25, -0.2) is 0 Å². The minimum atomic E-state index is 0.104. The van der Waals surface area contributed by atoms with E-state index in [0.29, 0.717) is 12.0 Å². The van der Waals surface area contributed by atoms with Gasteiger partial charge in [-0.05, 0) is 37.0 Å². The molecule has 2 heteroatoms. The van der Waals surface area contributed by atoms with Gasteiger partial charge in [-0.1, -0.05) is 31.5 Å². The maximum Gasteiger partial charge on any atom is 0.162 e. The van der Waals surface area contributed by atoms with Crippen molar-refractivity contribution >= 4 is 11.5 Å². The Hall–Kier alpha value is -1.57. The summed E-state index contributed by atoms with van der Waals surface area (Å²) in [5.74, 6) is 0.897. The van der Waals surface area contributed by atoms with Gasteiger partial charge in [0.05, 0.1) is 0 Å². The van der Waals surface area contributed by atoms with Crippen molar-refractivity contribution < 1.29 is 4.79 Å². The summed E-state index contributed by atoms with van der Waals surface area (Å²) in [5, 5.41) is 0. The molecule has 0 bridgehead atoms. The van der Waals surface area contributed by atoms with Gasteiger partial charge < -0.3 is 4.90 Å². The van der Waals surface area contributed by atoms with Gasteiger partial charge in [0.15, 0.2) is 5.78 Å². The molecular weight excluding hydrogens is 222 g/mol. The Bertz CT molecular complexity index is 532. The highest BCUT2D eigenvalue weighted by Gasteiger charge is 2.37. The maximum absolute atomic E-state index is 11.8. The molecule has 0 radical (unpaired) electrons. The molecule has 2 aliphatic rings. The number of carbonyl (C=O) groups is 1. The predicted octanol–water partition coefficient (Wildman–Crippen LogP) is 3.41. The summed E-state index contributed by atoms with van der Waals surface area (Å²) in [7, 11) is 0. The maximum atomic E-state index is 11.8.